The molecule has 0 bridgehead atoms. The lowest BCUT2D eigenvalue weighted by Crippen LogP contribution is -2.01. The summed E-state index contributed by atoms with van der Waals surface area (Å²) >= 11 is 0. The van der Waals surface area contributed by atoms with Crippen LogP contribution in [-0.2, 0) is 0 Å². The number of benzene rings is 1. The molecule has 0 fully saturated rings. The van der Waals surface area contributed by atoms with Crippen LogP contribution in [0.2, 0.25) is 0 Å². The first-order valence-corrected chi connectivity index (χ1v) is 6.96. The number of aromatic carboxylic acids is 1. The van der Waals surface area contributed by atoms with Crippen LogP contribution in [-0.4, -0.2) is 16.1 Å². The largest absolute Gasteiger partial charge is 0.478 e. The van der Waals surface area contributed by atoms with Crippen molar-refractivity contribution in [1.82, 2.24) is 4.98 Å². The second-order valence-corrected chi connectivity index (χ2v) is 5.75. The van der Waals surface area contributed by atoms with E-state index in [1.807, 2.05) is 26.0 Å². The summed E-state index contributed by atoms with van der Waals surface area (Å²) in [5, 5.41) is 9.27. The van der Waals surface area contributed by atoms with Gasteiger partial charge in [0.15, 0.2) is 0 Å². The van der Waals surface area contributed by atoms with Gasteiger partial charge in [0.25, 0.3) is 0 Å². The van der Waals surface area contributed by atoms with Crippen molar-refractivity contribution in [3.05, 3.63) is 47.2 Å². The summed E-state index contributed by atoms with van der Waals surface area (Å²) in [6, 6.07) is 9.99. The molecule has 2 aromatic rings. The molecule has 0 saturated carbocycles. The molecule has 106 valence electrons. The number of carboxylic acids is 1. The Morgan fingerprint density at radius 2 is 1.65 bits per heavy atom. The zero-order valence-electron chi connectivity index (χ0n) is 12.4. The van der Waals surface area contributed by atoms with Gasteiger partial charge in [0, 0.05) is 11.4 Å². The predicted octanol–water partition coefficient (Wildman–Crippen LogP) is 4.63. The van der Waals surface area contributed by atoms with Crippen LogP contribution >= 0.6 is 0 Å². The van der Waals surface area contributed by atoms with Gasteiger partial charge in [0.2, 0.25) is 0 Å². The van der Waals surface area contributed by atoms with Crippen LogP contribution in [0, 0.1) is 0 Å². The van der Waals surface area contributed by atoms with E-state index in [0.29, 0.717) is 11.5 Å². The van der Waals surface area contributed by atoms with Gasteiger partial charge < -0.3 is 10.1 Å². The van der Waals surface area contributed by atoms with Gasteiger partial charge in [-0.2, -0.15) is 0 Å². The number of carboxylic acid groups (broad SMARTS) is 1. The van der Waals surface area contributed by atoms with E-state index >= 15 is 0 Å². The molecule has 3 heteroatoms. The molecule has 1 aromatic heterocycles. The second-order valence-electron chi connectivity index (χ2n) is 5.75. The number of aromatic amines is 1. The molecule has 0 spiro atoms. The van der Waals surface area contributed by atoms with E-state index in [-0.39, 0.29) is 5.92 Å². The molecule has 0 saturated heterocycles. The quantitative estimate of drug-likeness (QED) is 0.852. The van der Waals surface area contributed by atoms with E-state index < -0.39 is 5.97 Å². The Kier molecular flexibility index (Phi) is 3.98. The fourth-order valence-electron chi connectivity index (χ4n) is 2.31. The summed E-state index contributed by atoms with van der Waals surface area (Å²) in [7, 11) is 0. The van der Waals surface area contributed by atoms with E-state index in [9.17, 15) is 9.90 Å². The average molecular weight is 271 g/mol. The molecule has 1 aromatic carbocycles. The Morgan fingerprint density at radius 1 is 1.05 bits per heavy atom. The van der Waals surface area contributed by atoms with Gasteiger partial charge in [0.05, 0.1) is 5.56 Å². The molecule has 0 aliphatic rings. The zero-order chi connectivity index (χ0) is 14.9. The van der Waals surface area contributed by atoms with E-state index in [4.69, 9.17) is 0 Å². The lowest BCUT2D eigenvalue weighted by Gasteiger charge is -2.06. The number of hydrogen-bond donors (Lipinski definition) is 2. The normalized spacial score (nSPS) is 11.3. The zero-order valence-corrected chi connectivity index (χ0v) is 12.4. The van der Waals surface area contributed by atoms with Crippen LogP contribution < -0.4 is 0 Å². The number of carbonyl (C=O) groups is 1. The van der Waals surface area contributed by atoms with E-state index in [2.05, 4.69) is 31.0 Å². The van der Waals surface area contributed by atoms with Gasteiger partial charge in [-0.25, -0.2) is 4.79 Å². The number of H-pyrrole nitrogens is 1. The van der Waals surface area contributed by atoms with Crippen LogP contribution in [0.3, 0.4) is 0 Å². The van der Waals surface area contributed by atoms with E-state index in [1.165, 1.54) is 5.56 Å². The maximum Gasteiger partial charge on any atom is 0.337 e. The summed E-state index contributed by atoms with van der Waals surface area (Å²) < 4.78 is 0. The number of hydrogen-bond acceptors (Lipinski definition) is 1. The first-order chi connectivity index (χ1) is 9.40. The Morgan fingerprint density at radius 3 is 2.05 bits per heavy atom. The molecule has 0 atom stereocenters. The summed E-state index contributed by atoms with van der Waals surface area (Å²) in [6.07, 6.45) is 0. The summed E-state index contributed by atoms with van der Waals surface area (Å²) in [4.78, 5) is 14.5. The maximum absolute atomic E-state index is 11.3. The monoisotopic (exact) mass is 271 g/mol. The number of rotatable bonds is 4. The van der Waals surface area contributed by atoms with Gasteiger partial charge in [-0.3, -0.25) is 0 Å². The lowest BCUT2D eigenvalue weighted by atomic mass is 10.0. The molecule has 2 rings (SSSR count). The van der Waals surface area contributed by atoms with Crippen molar-refractivity contribution in [1.29, 1.82) is 0 Å². The van der Waals surface area contributed by atoms with Crippen molar-refractivity contribution < 1.29 is 9.90 Å². The molecule has 2 N–H and O–H groups in total. The van der Waals surface area contributed by atoms with Crippen molar-refractivity contribution in [2.24, 2.45) is 0 Å². The highest BCUT2D eigenvalue weighted by Crippen LogP contribution is 2.27. The lowest BCUT2D eigenvalue weighted by molar-refractivity contribution is 0.0695. The van der Waals surface area contributed by atoms with Gasteiger partial charge in [0.1, 0.15) is 0 Å². The van der Waals surface area contributed by atoms with Crippen LogP contribution in [0.5, 0.6) is 0 Å². The van der Waals surface area contributed by atoms with Crippen molar-refractivity contribution in [2.75, 3.05) is 0 Å². The molecule has 0 amide bonds. The molecule has 0 aliphatic heterocycles. The highest BCUT2D eigenvalue weighted by atomic mass is 16.4. The van der Waals surface area contributed by atoms with Crippen LogP contribution in [0.1, 0.15) is 61.1 Å². The minimum absolute atomic E-state index is 0.157. The van der Waals surface area contributed by atoms with E-state index in [1.54, 1.807) is 6.07 Å². The molecule has 1 heterocycles. The summed E-state index contributed by atoms with van der Waals surface area (Å²) in [5.74, 6) is -0.228. The Bertz CT molecular complexity index is 606. The molecule has 20 heavy (non-hydrogen) atoms. The summed E-state index contributed by atoms with van der Waals surface area (Å²) in [6.45, 7) is 8.29. The first kappa shape index (κ1) is 14.4. The number of aromatic nitrogens is 1. The Labute approximate surface area is 119 Å². The van der Waals surface area contributed by atoms with Gasteiger partial charge >= 0.3 is 5.97 Å². The van der Waals surface area contributed by atoms with Gasteiger partial charge in [-0.1, -0.05) is 52.0 Å². The molecule has 3 nitrogen and oxygen atoms in total. The van der Waals surface area contributed by atoms with Gasteiger partial charge in [-0.05, 0) is 29.0 Å². The maximum atomic E-state index is 11.3. The molecule has 0 radical (unpaired) electrons. The highest BCUT2D eigenvalue weighted by Gasteiger charge is 2.17. The van der Waals surface area contributed by atoms with Crippen molar-refractivity contribution in [3.8, 4) is 11.3 Å². The Hall–Kier alpha value is -2.03. The van der Waals surface area contributed by atoms with Crippen molar-refractivity contribution >= 4 is 5.97 Å². The van der Waals surface area contributed by atoms with Crippen LogP contribution in [0.15, 0.2) is 30.3 Å². The fraction of sp³-hybridized carbons (Fsp3) is 0.353. The smallest absolute Gasteiger partial charge is 0.337 e. The highest BCUT2D eigenvalue weighted by molar-refractivity contribution is 5.91. The van der Waals surface area contributed by atoms with Gasteiger partial charge in [-0.15, -0.1) is 0 Å². The SMILES string of the molecule is CC(C)c1ccc(-c2cc(C(=O)O)c(C(C)C)[nH]2)cc1. The average Bonchev–Trinajstić information content (AvgIpc) is 2.84. The minimum atomic E-state index is -0.880. The van der Waals surface area contributed by atoms with Crippen molar-refractivity contribution in [3.63, 3.8) is 0 Å². The van der Waals surface area contributed by atoms with Crippen LogP contribution in [0.4, 0.5) is 0 Å². The number of nitrogens with one attached hydrogen (secondary N) is 1. The Balaban J connectivity index is 2.42. The molecule has 0 unspecified atom stereocenters. The molecular weight excluding hydrogens is 250 g/mol. The van der Waals surface area contributed by atoms with E-state index in [0.717, 1.165) is 17.0 Å². The van der Waals surface area contributed by atoms with Crippen LogP contribution in [0.25, 0.3) is 11.3 Å². The summed E-state index contributed by atoms with van der Waals surface area (Å²) in [5.41, 5.74) is 4.30. The minimum Gasteiger partial charge on any atom is -0.478 e. The first-order valence-electron chi connectivity index (χ1n) is 6.96. The fourth-order valence-corrected chi connectivity index (χ4v) is 2.31. The standard InChI is InChI=1S/C17H21NO2/c1-10(2)12-5-7-13(8-6-12)15-9-14(17(19)20)16(18-15)11(3)4/h5-11,18H,1-4H3,(H,19,20). The molecule has 0 aliphatic carbocycles. The topological polar surface area (TPSA) is 53.1 Å². The third-order valence-corrected chi connectivity index (χ3v) is 3.54. The third-order valence-electron chi connectivity index (χ3n) is 3.54. The van der Waals surface area contributed by atoms with Crippen molar-refractivity contribution in [2.45, 2.75) is 39.5 Å². The predicted molar refractivity (Wildman–Crippen MR) is 81.4 cm³/mol. The third kappa shape index (κ3) is 2.77. The second kappa shape index (κ2) is 5.53. The molecular formula is C17H21NO2.